The molecule has 1 atom stereocenters. The van der Waals surface area contributed by atoms with Gasteiger partial charge in [0.2, 0.25) is 0 Å². The highest BCUT2D eigenvalue weighted by Crippen LogP contribution is 2.05. The van der Waals surface area contributed by atoms with Gasteiger partial charge in [-0.1, -0.05) is 12.1 Å². The third-order valence-corrected chi connectivity index (χ3v) is 2.69. The lowest BCUT2D eigenvalue weighted by atomic mass is 10.1. The van der Waals surface area contributed by atoms with E-state index < -0.39 is 0 Å². The van der Waals surface area contributed by atoms with E-state index in [-0.39, 0.29) is 11.9 Å². The minimum Gasteiger partial charge on any atom is -0.392 e. The van der Waals surface area contributed by atoms with Crippen molar-refractivity contribution in [3.05, 3.63) is 35.6 Å². The van der Waals surface area contributed by atoms with Crippen molar-refractivity contribution >= 4 is 0 Å². The normalized spacial score (nSPS) is 13.0. The second-order valence-corrected chi connectivity index (χ2v) is 4.37. The highest BCUT2D eigenvalue weighted by atomic mass is 19.1. The number of nitrogens with two attached hydrogens (primary N) is 1. The molecule has 1 unspecified atom stereocenters. The number of hydrogen-bond acceptors (Lipinski definition) is 3. The first-order valence-electron chi connectivity index (χ1n) is 5.93. The molecule has 0 fully saturated rings. The molecule has 17 heavy (non-hydrogen) atoms. The quantitative estimate of drug-likeness (QED) is 0.748. The van der Waals surface area contributed by atoms with Crippen molar-refractivity contribution in [1.29, 1.82) is 0 Å². The second kappa shape index (κ2) is 7.37. The molecule has 3 nitrogen and oxygen atoms in total. The molecule has 0 aliphatic carbocycles. The van der Waals surface area contributed by atoms with Crippen LogP contribution in [0, 0.1) is 5.82 Å². The van der Waals surface area contributed by atoms with Crippen molar-refractivity contribution in [3.63, 3.8) is 0 Å². The number of benzene rings is 1. The average Bonchev–Trinajstić information content (AvgIpc) is 2.27. The van der Waals surface area contributed by atoms with Gasteiger partial charge in [-0.2, -0.15) is 0 Å². The zero-order valence-electron chi connectivity index (χ0n) is 10.3. The minimum atomic E-state index is -0.377. The van der Waals surface area contributed by atoms with Crippen LogP contribution in [-0.4, -0.2) is 42.8 Å². The van der Waals surface area contributed by atoms with Crippen LogP contribution in [0.5, 0.6) is 0 Å². The van der Waals surface area contributed by atoms with Gasteiger partial charge in [0.05, 0.1) is 6.10 Å². The molecule has 96 valence electrons. The molecular formula is C13H21FN2O. The predicted molar refractivity (Wildman–Crippen MR) is 67.3 cm³/mol. The van der Waals surface area contributed by atoms with E-state index in [2.05, 4.69) is 0 Å². The molecule has 0 bridgehead atoms. The van der Waals surface area contributed by atoms with Crippen LogP contribution in [0.3, 0.4) is 0 Å². The van der Waals surface area contributed by atoms with Gasteiger partial charge in [0, 0.05) is 13.1 Å². The van der Waals surface area contributed by atoms with Crippen LogP contribution in [0.4, 0.5) is 4.39 Å². The predicted octanol–water partition coefficient (Wildman–Crippen LogP) is 1.01. The summed E-state index contributed by atoms with van der Waals surface area (Å²) in [6.07, 6.45) is 1.02. The van der Waals surface area contributed by atoms with Gasteiger partial charge >= 0.3 is 0 Å². The van der Waals surface area contributed by atoms with Crippen molar-refractivity contribution in [2.75, 3.05) is 26.7 Å². The van der Waals surface area contributed by atoms with Gasteiger partial charge in [0.25, 0.3) is 0 Å². The summed E-state index contributed by atoms with van der Waals surface area (Å²) in [6.45, 7) is 1.90. The maximum atomic E-state index is 12.9. The monoisotopic (exact) mass is 240 g/mol. The molecule has 0 saturated heterocycles. The van der Waals surface area contributed by atoms with Crippen LogP contribution in [0.25, 0.3) is 0 Å². The fourth-order valence-corrected chi connectivity index (χ4v) is 1.75. The molecule has 1 aromatic rings. The van der Waals surface area contributed by atoms with Gasteiger partial charge in [-0.15, -0.1) is 0 Å². The molecule has 0 aliphatic heterocycles. The van der Waals surface area contributed by atoms with Crippen LogP contribution >= 0.6 is 0 Å². The van der Waals surface area contributed by atoms with Gasteiger partial charge < -0.3 is 15.7 Å². The first kappa shape index (κ1) is 14.1. The number of nitrogens with zero attached hydrogens (tertiary/aromatic N) is 1. The number of hydrogen-bond donors (Lipinski definition) is 2. The maximum Gasteiger partial charge on any atom is 0.123 e. The first-order chi connectivity index (χ1) is 8.11. The lowest BCUT2D eigenvalue weighted by Gasteiger charge is -2.20. The zero-order chi connectivity index (χ0) is 12.7. The summed E-state index contributed by atoms with van der Waals surface area (Å²) in [6, 6.07) is 6.61. The van der Waals surface area contributed by atoms with E-state index >= 15 is 0 Å². The summed E-state index contributed by atoms with van der Waals surface area (Å²) in [7, 11) is 1.94. The fourth-order valence-electron chi connectivity index (χ4n) is 1.75. The highest BCUT2D eigenvalue weighted by Gasteiger charge is 2.07. The summed E-state index contributed by atoms with van der Waals surface area (Å²) in [4.78, 5) is 2.03. The Balaban J connectivity index is 2.30. The topological polar surface area (TPSA) is 49.5 Å². The Morgan fingerprint density at radius 3 is 2.88 bits per heavy atom. The molecule has 0 aromatic heterocycles. The second-order valence-electron chi connectivity index (χ2n) is 4.37. The third kappa shape index (κ3) is 5.77. The Hall–Kier alpha value is -0.970. The lowest BCUT2D eigenvalue weighted by Crippen LogP contribution is -2.32. The van der Waals surface area contributed by atoms with E-state index in [0.717, 1.165) is 18.5 Å². The van der Waals surface area contributed by atoms with Gasteiger partial charge in [-0.3, -0.25) is 0 Å². The van der Waals surface area contributed by atoms with E-state index in [0.29, 0.717) is 19.5 Å². The molecular weight excluding hydrogens is 219 g/mol. The Bertz CT molecular complexity index is 333. The molecule has 0 heterocycles. The fraction of sp³-hybridized carbons (Fsp3) is 0.538. The van der Waals surface area contributed by atoms with E-state index in [9.17, 15) is 9.50 Å². The third-order valence-electron chi connectivity index (χ3n) is 2.69. The standard InChI is InChI=1S/C13H21FN2O/c1-16(10-13(17)5-7-15)8-6-11-3-2-4-12(14)9-11/h2-4,9,13,17H,5-8,10,15H2,1H3. The summed E-state index contributed by atoms with van der Waals surface area (Å²) in [5.41, 5.74) is 6.34. The van der Waals surface area contributed by atoms with Crippen LogP contribution in [0.15, 0.2) is 24.3 Å². The van der Waals surface area contributed by atoms with Crippen molar-refractivity contribution in [1.82, 2.24) is 4.90 Å². The van der Waals surface area contributed by atoms with Crippen molar-refractivity contribution in [3.8, 4) is 0 Å². The number of likely N-dealkylation sites (N-methyl/N-ethyl adjacent to an activating group) is 1. The van der Waals surface area contributed by atoms with E-state index in [1.54, 1.807) is 12.1 Å². The minimum absolute atomic E-state index is 0.201. The first-order valence-corrected chi connectivity index (χ1v) is 5.93. The number of halogens is 1. The Morgan fingerprint density at radius 1 is 1.47 bits per heavy atom. The molecule has 0 amide bonds. The summed E-state index contributed by atoms with van der Waals surface area (Å²) in [5.74, 6) is -0.201. The van der Waals surface area contributed by atoms with Gasteiger partial charge in [0.15, 0.2) is 0 Å². The lowest BCUT2D eigenvalue weighted by molar-refractivity contribution is 0.120. The Morgan fingerprint density at radius 2 is 2.24 bits per heavy atom. The van der Waals surface area contributed by atoms with Crippen molar-refractivity contribution in [2.45, 2.75) is 18.9 Å². The van der Waals surface area contributed by atoms with Crippen LogP contribution < -0.4 is 5.73 Å². The van der Waals surface area contributed by atoms with E-state index in [1.807, 2.05) is 18.0 Å². The highest BCUT2D eigenvalue weighted by molar-refractivity contribution is 5.16. The Kier molecular flexibility index (Phi) is 6.11. The van der Waals surface area contributed by atoms with Crippen molar-refractivity contribution in [2.24, 2.45) is 5.73 Å². The summed E-state index contributed by atoms with van der Waals surface area (Å²) >= 11 is 0. The van der Waals surface area contributed by atoms with Gasteiger partial charge in [-0.25, -0.2) is 4.39 Å². The van der Waals surface area contributed by atoms with Gasteiger partial charge in [-0.05, 0) is 44.1 Å². The van der Waals surface area contributed by atoms with E-state index in [4.69, 9.17) is 5.73 Å². The number of rotatable bonds is 7. The van der Waals surface area contributed by atoms with Gasteiger partial charge in [0.1, 0.15) is 5.82 Å². The number of aliphatic hydroxyl groups excluding tert-OH is 1. The number of aliphatic hydroxyl groups is 1. The largest absolute Gasteiger partial charge is 0.392 e. The van der Waals surface area contributed by atoms with Crippen LogP contribution in [0.1, 0.15) is 12.0 Å². The molecule has 3 N–H and O–H groups in total. The zero-order valence-corrected chi connectivity index (χ0v) is 10.3. The van der Waals surface area contributed by atoms with Crippen LogP contribution in [-0.2, 0) is 6.42 Å². The molecule has 0 radical (unpaired) electrons. The van der Waals surface area contributed by atoms with Crippen LogP contribution in [0.2, 0.25) is 0 Å². The molecule has 0 saturated carbocycles. The van der Waals surface area contributed by atoms with Crippen molar-refractivity contribution < 1.29 is 9.50 Å². The molecule has 4 heteroatoms. The summed E-state index contributed by atoms with van der Waals surface area (Å²) < 4.78 is 12.9. The average molecular weight is 240 g/mol. The summed E-state index contributed by atoms with van der Waals surface area (Å²) in [5, 5.41) is 9.58. The smallest absolute Gasteiger partial charge is 0.123 e. The molecule has 1 rings (SSSR count). The molecule has 0 aliphatic rings. The molecule has 0 spiro atoms. The maximum absolute atomic E-state index is 12.9. The van der Waals surface area contributed by atoms with E-state index in [1.165, 1.54) is 6.07 Å². The molecule has 1 aromatic carbocycles. The Labute approximate surface area is 102 Å². The SMILES string of the molecule is CN(CCc1cccc(F)c1)CC(O)CCN.